The second kappa shape index (κ2) is 8.15. The lowest BCUT2D eigenvalue weighted by molar-refractivity contribution is -0.121. The Morgan fingerprint density at radius 2 is 2.00 bits per heavy atom. The van der Waals surface area contributed by atoms with Crippen molar-refractivity contribution in [2.45, 2.75) is 19.3 Å². The number of thiazole rings is 1. The number of amides is 2. The average molecular weight is 476 g/mol. The Morgan fingerprint density at radius 1 is 1.23 bits per heavy atom. The molecule has 1 N–H and O–H groups in total. The molecule has 0 fully saturated rings. The fourth-order valence-electron chi connectivity index (χ4n) is 3.49. The topological polar surface area (TPSA) is 71.5 Å². The number of likely N-dealkylation sites (N-methyl/N-ethyl adjacent to an activating group) is 1. The molecule has 2 aromatic carbocycles. The summed E-state index contributed by atoms with van der Waals surface area (Å²) in [5.41, 5.74) is 2.89. The predicted octanol–water partition coefficient (Wildman–Crippen LogP) is 5.39. The molecule has 2 amide bonds. The van der Waals surface area contributed by atoms with Gasteiger partial charge in [0, 0.05) is 28.7 Å². The van der Waals surface area contributed by atoms with Gasteiger partial charge in [0.05, 0.1) is 16.1 Å². The molecule has 160 valence electrons. The highest BCUT2D eigenvalue weighted by Gasteiger charge is 2.42. The van der Waals surface area contributed by atoms with Crippen LogP contribution in [0.3, 0.4) is 0 Å². The zero-order valence-corrected chi connectivity index (χ0v) is 19.4. The molecule has 0 bridgehead atoms. The van der Waals surface area contributed by atoms with E-state index in [1.807, 2.05) is 37.4 Å². The molecule has 3 aromatic rings. The average Bonchev–Trinajstić information content (AvgIpc) is 3.25. The summed E-state index contributed by atoms with van der Waals surface area (Å²) < 4.78 is 5.45. The zero-order valence-electron chi connectivity index (χ0n) is 17.0. The van der Waals surface area contributed by atoms with Crippen LogP contribution < -0.4 is 15.0 Å². The van der Waals surface area contributed by atoms with Gasteiger partial charge in [-0.1, -0.05) is 29.3 Å². The molecule has 0 spiro atoms. The van der Waals surface area contributed by atoms with Crippen LogP contribution in [0.5, 0.6) is 5.75 Å². The molecule has 0 aliphatic carbocycles. The Bertz CT molecular complexity index is 1190. The fourth-order valence-corrected chi connectivity index (χ4v) is 4.69. The van der Waals surface area contributed by atoms with E-state index in [4.69, 9.17) is 27.9 Å². The van der Waals surface area contributed by atoms with E-state index in [-0.39, 0.29) is 18.4 Å². The Kier molecular flexibility index (Phi) is 5.68. The minimum absolute atomic E-state index is 0.0617. The lowest BCUT2D eigenvalue weighted by Crippen LogP contribution is -2.33. The van der Waals surface area contributed by atoms with Crippen LogP contribution in [0.1, 0.15) is 19.4 Å². The standard InChI is InChI=1S/C22H19Cl2N3O3S/c1-22(2)14-8-12(4-6-17(14)27(3)20(22)29)16-11-31-21(25-16)26-19(28)10-30-18-7-5-13(23)9-15(18)24/h4-9,11H,10H2,1-3H3,(H,25,26,28). The molecule has 0 atom stereocenters. The summed E-state index contributed by atoms with van der Waals surface area (Å²) in [5.74, 6) is 0.0854. The fraction of sp³-hybridized carbons (Fsp3) is 0.227. The van der Waals surface area contributed by atoms with Gasteiger partial charge in [-0.3, -0.25) is 14.9 Å². The van der Waals surface area contributed by atoms with Crippen molar-refractivity contribution < 1.29 is 14.3 Å². The minimum Gasteiger partial charge on any atom is -0.482 e. The Balaban J connectivity index is 1.45. The Labute approximate surface area is 193 Å². The number of anilines is 2. The summed E-state index contributed by atoms with van der Waals surface area (Å²) >= 11 is 13.2. The number of nitrogens with zero attached hydrogens (tertiary/aromatic N) is 2. The molecule has 1 aliphatic rings. The minimum atomic E-state index is -0.590. The Hall–Kier alpha value is -2.61. The summed E-state index contributed by atoms with van der Waals surface area (Å²) in [6, 6.07) is 10.6. The first kappa shape index (κ1) is 21.6. The number of rotatable bonds is 5. The second-order valence-electron chi connectivity index (χ2n) is 7.67. The molecule has 0 saturated heterocycles. The molecule has 9 heteroatoms. The SMILES string of the molecule is CN1C(=O)C(C)(C)c2cc(-c3csc(NC(=O)COc4ccc(Cl)cc4Cl)n3)ccc21. The number of halogens is 2. The quantitative estimate of drug-likeness (QED) is 0.536. The molecule has 4 rings (SSSR count). The molecule has 0 unspecified atom stereocenters. The van der Waals surface area contributed by atoms with Crippen LogP contribution in [0.2, 0.25) is 10.0 Å². The van der Waals surface area contributed by atoms with E-state index in [0.717, 1.165) is 22.5 Å². The van der Waals surface area contributed by atoms with Gasteiger partial charge in [0.15, 0.2) is 11.7 Å². The van der Waals surface area contributed by atoms with Crippen LogP contribution in [0.25, 0.3) is 11.3 Å². The third-order valence-corrected chi connectivity index (χ3v) is 6.46. The number of ether oxygens (including phenoxy) is 1. The number of carbonyl (C=O) groups excluding carboxylic acids is 2. The van der Waals surface area contributed by atoms with Crippen molar-refractivity contribution in [3.8, 4) is 17.0 Å². The number of carbonyl (C=O) groups is 2. The first-order valence-corrected chi connectivity index (χ1v) is 11.1. The maximum Gasteiger partial charge on any atom is 0.264 e. The number of nitrogens with one attached hydrogen (secondary N) is 1. The van der Waals surface area contributed by atoms with Crippen molar-refractivity contribution in [3.05, 3.63) is 57.4 Å². The van der Waals surface area contributed by atoms with E-state index >= 15 is 0 Å². The van der Waals surface area contributed by atoms with Crippen molar-refractivity contribution in [3.63, 3.8) is 0 Å². The van der Waals surface area contributed by atoms with Crippen molar-refractivity contribution in [1.82, 2.24) is 4.98 Å². The summed E-state index contributed by atoms with van der Waals surface area (Å²) in [7, 11) is 1.78. The molecular weight excluding hydrogens is 457 g/mol. The highest BCUT2D eigenvalue weighted by atomic mass is 35.5. The lowest BCUT2D eigenvalue weighted by atomic mass is 9.85. The zero-order chi connectivity index (χ0) is 22.3. The Morgan fingerprint density at radius 3 is 2.74 bits per heavy atom. The summed E-state index contributed by atoms with van der Waals surface area (Å²) in [5, 5.41) is 5.87. The van der Waals surface area contributed by atoms with Crippen LogP contribution >= 0.6 is 34.5 Å². The van der Waals surface area contributed by atoms with Gasteiger partial charge in [-0.25, -0.2) is 4.98 Å². The summed E-state index contributed by atoms with van der Waals surface area (Å²) in [6.45, 7) is 3.62. The van der Waals surface area contributed by atoms with Gasteiger partial charge in [0.1, 0.15) is 5.75 Å². The van der Waals surface area contributed by atoms with Gasteiger partial charge >= 0.3 is 0 Å². The first-order valence-electron chi connectivity index (χ1n) is 9.43. The van der Waals surface area contributed by atoms with Gasteiger partial charge in [0.2, 0.25) is 5.91 Å². The highest BCUT2D eigenvalue weighted by Crippen LogP contribution is 2.42. The number of benzene rings is 2. The van der Waals surface area contributed by atoms with Crippen LogP contribution in [0, 0.1) is 0 Å². The van der Waals surface area contributed by atoms with E-state index < -0.39 is 5.41 Å². The molecule has 31 heavy (non-hydrogen) atoms. The van der Waals surface area contributed by atoms with E-state index in [9.17, 15) is 9.59 Å². The lowest BCUT2D eigenvalue weighted by Gasteiger charge is -2.16. The van der Waals surface area contributed by atoms with Gasteiger partial charge < -0.3 is 9.64 Å². The molecule has 2 heterocycles. The van der Waals surface area contributed by atoms with Crippen molar-refractivity contribution in [2.75, 3.05) is 23.9 Å². The van der Waals surface area contributed by atoms with Crippen molar-refractivity contribution >= 4 is 57.2 Å². The van der Waals surface area contributed by atoms with Crippen molar-refractivity contribution in [1.29, 1.82) is 0 Å². The maximum absolute atomic E-state index is 12.5. The third-order valence-electron chi connectivity index (χ3n) is 5.17. The van der Waals surface area contributed by atoms with Gasteiger partial charge in [-0.05, 0) is 49.7 Å². The van der Waals surface area contributed by atoms with Crippen molar-refractivity contribution in [2.24, 2.45) is 0 Å². The summed E-state index contributed by atoms with van der Waals surface area (Å²) in [6.07, 6.45) is 0. The predicted molar refractivity (Wildman–Crippen MR) is 125 cm³/mol. The molecule has 6 nitrogen and oxygen atoms in total. The number of aromatic nitrogens is 1. The number of fused-ring (bicyclic) bond motifs is 1. The molecule has 0 radical (unpaired) electrons. The highest BCUT2D eigenvalue weighted by molar-refractivity contribution is 7.14. The third kappa shape index (κ3) is 4.13. The monoisotopic (exact) mass is 475 g/mol. The van der Waals surface area contributed by atoms with Crippen LogP contribution in [0.4, 0.5) is 10.8 Å². The first-order chi connectivity index (χ1) is 14.7. The number of hydrogen-bond acceptors (Lipinski definition) is 5. The van der Waals surface area contributed by atoms with E-state index in [2.05, 4.69) is 10.3 Å². The molecular formula is C22H19Cl2N3O3S. The smallest absolute Gasteiger partial charge is 0.264 e. The second-order valence-corrected chi connectivity index (χ2v) is 9.37. The van der Waals surface area contributed by atoms with Gasteiger partial charge in [0.25, 0.3) is 5.91 Å². The summed E-state index contributed by atoms with van der Waals surface area (Å²) in [4.78, 5) is 30.9. The van der Waals surface area contributed by atoms with Gasteiger partial charge in [-0.2, -0.15) is 0 Å². The maximum atomic E-state index is 12.5. The van der Waals surface area contributed by atoms with Crippen LogP contribution in [-0.2, 0) is 15.0 Å². The van der Waals surface area contributed by atoms with Gasteiger partial charge in [-0.15, -0.1) is 11.3 Å². The molecule has 1 aromatic heterocycles. The largest absolute Gasteiger partial charge is 0.482 e. The van der Waals surface area contributed by atoms with Crippen LogP contribution in [0.15, 0.2) is 41.8 Å². The normalized spacial score (nSPS) is 14.5. The van der Waals surface area contributed by atoms with E-state index in [1.165, 1.54) is 11.3 Å². The van der Waals surface area contributed by atoms with E-state index in [0.29, 0.717) is 20.9 Å². The molecule has 0 saturated carbocycles. The van der Waals surface area contributed by atoms with Crippen LogP contribution in [-0.4, -0.2) is 30.5 Å². The van der Waals surface area contributed by atoms with E-state index in [1.54, 1.807) is 30.1 Å². The molecule has 1 aliphatic heterocycles. The number of hydrogen-bond donors (Lipinski definition) is 1.